The van der Waals surface area contributed by atoms with Crippen molar-refractivity contribution in [2.24, 2.45) is 0 Å². The van der Waals surface area contributed by atoms with Gasteiger partial charge in [0.15, 0.2) is 0 Å². The maximum Gasteiger partial charge on any atom is 0.326 e. The van der Waals surface area contributed by atoms with E-state index in [9.17, 15) is 14.0 Å². The highest BCUT2D eigenvalue weighted by atomic mass is 19.1. The SMILES string of the molecule is COCCC(NC(=O)C(C)c1cccc(F)c1)C(=O)O. The zero-order chi connectivity index (χ0) is 15.1. The van der Waals surface area contributed by atoms with Crippen LogP contribution in [0, 0.1) is 5.82 Å². The van der Waals surface area contributed by atoms with Gasteiger partial charge in [0.25, 0.3) is 0 Å². The number of amides is 1. The van der Waals surface area contributed by atoms with E-state index in [1.54, 1.807) is 13.0 Å². The maximum absolute atomic E-state index is 13.1. The molecule has 1 amide bonds. The average Bonchev–Trinajstić information content (AvgIpc) is 2.42. The summed E-state index contributed by atoms with van der Waals surface area (Å²) in [5.41, 5.74) is 0.499. The quantitative estimate of drug-likeness (QED) is 0.796. The number of benzene rings is 1. The molecule has 5 nitrogen and oxygen atoms in total. The number of carboxylic acid groups (broad SMARTS) is 1. The zero-order valence-electron chi connectivity index (χ0n) is 11.4. The molecule has 0 bridgehead atoms. The van der Waals surface area contributed by atoms with Crippen LogP contribution in [0.5, 0.6) is 0 Å². The summed E-state index contributed by atoms with van der Waals surface area (Å²) in [5, 5.41) is 11.4. The number of hydrogen-bond acceptors (Lipinski definition) is 3. The molecule has 0 aliphatic rings. The van der Waals surface area contributed by atoms with Gasteiger partial charge in [0.05, 0.1) is 5.92 Å². The lowest BCUT2D eigenvalue weighted by Gasteiger charge is -2.18. The van der Waals surface area contributed by atoms with Crippen LogP contribution >= 0.6 is 0 Å². The lowest BCUT2D eigenvalue weighted by Crippen LogP contribution is -2.43. The molecule has 2 unspecified atom stereocenters. The summed E-state index contributed by atoms with van der Waals surface area (Å²) >= 11 is 0. The topological polar surface area (TPSA) is 75.6 Å². The fourth-order valence-electron chi connectivity index (χ4n) is 1.72. The van der Waals surface area contributed by atoms with E-state index in [-0.39, 0.29) is 13.0 Å². The largest absolute Gasteiger partial charge is 0.480 e. The van der Waals surface area contributed by atoms with Gasteiger partial charge in [-0.05, 0) is 24.6 Å². The minimum Gasteiger partial charge on any atom is -0.480 e. The van der Waals surface area contributed by atoms with Gasteiger partial charge in [0, 0.05) is 20.1 Å². The summed E-state index contributed by atoms with van der Waals surface area (Å²) in [4.78, 5) is 23.0. The second-order valence-electron chi connectivity index (χ2n) is 4.46. The molecule has 110 valence electrons. The molecule has 0 aliphatic heterocycles. The van der Waals surface area contributed by atoms with E-state index >= 15 is 0 Å². The molecule has 0 aromatic heterocycles. The van der Waals surface area contributed by atoms with Crippen molar-refractivity contribution in [3.8, 4) is 0 Å². The second-order valence-corrected chi connectivity index (χ2v) is 4.46. The highest BCUT2D eigenvalue weighted by Crippen LogP contribution is 2.16. The lowest BCUT2D eigenvalue weighted by atomic mass is 9.99. The number of halogens is 1. The summed E-state index contributed by atoms with van der Waals surface area (Å²) in [5.74, 6) is -2.65. The van der Waals surface area contributed by atoms with Crippen LogP contribution in [0.4, 0.5) is 4.39 Å². The number of ether oxygens (including phenoxy) is 1. The molecule has 6 heteroatoms. The van der Waals surface area contributed by atoms with Gasteiger partial charge < -0.3 is 15.2 Å². The van der Waals surface area contributed by atoms with E-state index in [1.807, 2.05) is 0 Å². The van der Waals surface area contributed by atoms with Crippen LogP contribution in [-0.4, -0.2) is 36.7 Å². The molecule has 0 spiro atoms. The van der Waals surface area contributed by atoms with E-state index in [4.69, 9.17) is 9.84 Å². The molecule has 0 radical (unpaired) electrons. The molecular weight excluding hydrogens is 265 g/mol. The second kappa shape index (κ2) is 7.59. The Labute approximate surface area is 116 Å². The lowest BCUT2D eigenvalue weighted by molar-refractivity contribution is -0.142. The Morgan fingerprint density at radius 1 is 1.45 bits per heavy atom. The number of methoxy groups -OCH3 is 1. The fraction of sp³-hybridized carbons (Fsp3) is 0.429. The van der Waals surface area contributed by atoms with Gasteiger partial charge in [-0.15, -0.1) is 0 Å². The number of carbonyl (C=O) groups is 2. The molecule has 1 rings (SSSR count). The van der Waals surface area contributed by atoms with Gasteiger partial charge in [0.1, 0.15) is 11.9 Å². The summed E-state index contributed by atoms with van der Waals surface area (Å²) in [6.07, 6.45) is 0.174. The molecule has 0 saturated heterocycles. The van der Waals surface area contributed by atoms with Gasteiger partial charge in [-0.25, -0.2) is 9.18 Å². The highest BCUT2D eigenvalue weighted by Gasteiger charge is 2.23. The average molecular weight is 283 g/mol. The van der Waals surface area contributed by atoms with E-state index < -0.39 is 29.7 Å². The van der Waals surface area contributed by atoms with Crippen molar-refractivity contribution >= 4 is 11.9 Å². The fourth-order valence-corrected chi connectivity index (χ4v) is 1.72. The van der Waals surface area contributed by atoms with Crippen LogP contribution in [0.3, 0.4) is 0 Å². The van der Waals surface area contributed by atoms with E-state index in [1.165, 1.54) is 25.3 Å². The van der Waals surface area contributed by atoms with Crippen LogP contribution in [0.2, 0.25) is 0 Å². The van der Waals surface area contributed by atoms with Gasteiger partial charge in [-0.2, -0.15) is 0 Å². The predicted molar refractivity (Wildman–Crippen MR) is 70.9 cm³/mol. The van der Waals surface area contributed by atoms with E-state index in [0.29, 0.717) is 5.56 Å². The summed E-state index contributed by atoms with van der Waals surface area (Å²) in [6.45, 7) is 1.82. The number of aliphatic carboxylic acids is 1. The minimum atomic E-state index is -1.12. The standard InChI is InChI=1S/C14H18FNO4/c1-9(10-4-3-5-11(15)8-10)13(17)16-12(14(18)19)6-7-20-2/h3-5,8-9,12H,6-7H2,1-2H3,(H,16,17)(H,18,19). The van der Waals surface area contributed by atoms with Crippen molar-refractivity contribution in [1.29, 1.82) is 0 Å². The van der Waals surface area contributed by atoms with Crippen molar-refractivity contribution in [3.63, 3.8) is 0 Å². The minimum absolute atomic E-state index is 0.174. The highest BCUT2D eigenvalue weighted by molar-refractivity contribution is 5.87. The molecule has 1 aromatic carbocycles. The molecule has 2 atom stereocenters. The van der Waals surface area contributed by atoms with Crippen LogP contribution in [0.1, 0.15) is 24.8 Å². The Hall–Kier alpha value is -1.95. The molecule has 0 heterocycles. The van der Waals surface area contributed by atoms with Crippen molar-refractivity contribution in [2.45, 2.75) is 25.3 Å². The van der Waals surface area contributed by atoms with Gasteiger partial charge in [-0.3, -0.25) is 4.79 Å². The molecule has 0 saturated carbocycles. The van der Waals surface area contributed by atoms with Crippen LogP contribution in [0.15, 0.2) is 24.3 Å². The van der Waals surface area contributed by atoms with Gasteiger partial charge >= 0.3 is 5.97 Å². The number of rotatable bonds is 7. The van der Waals surface area contributed by atoms with Crippen LogP contribution in [0.25, 0.3) is 0 Å². The smallest absolute Gasteiger partial charge is 0.326 e. The molecule has 0 fully saturated rings. The van der Waals surface area contributed by atoms with Gasteiger partial charge in [0.2, 0.25) is 5.91 Å². The van der Waals surface area contributed by atoms with Crippen LogP contribution < -0.4 is 5.32 Å². The Morgan fingerprint density at radius 2 is 2.15 bits per heavy atom. The number of hydrogen-bond donors (Lipinski definition) is 2. The van der Waals surface area contributed by atoms with Gasteiger partial charge in [-0.1, -0.05) is 12.1 Å². The first-order valence-electron chi connectivity index (χ1n) is 6.23. The Morgan fingerprint density at radius 3 is 2.70 bits per heavy atom. The van der Waals surface area contributed by atoms with Crippen molar-refractivity contribution in [2.75, 3.05) is 13.7 Å². The van der Waals surface area contributed by atoms with E-state index in [2.05, 4.69) is 5.32 Å². The molecule has 1 aromatic rings. The summed E-state index contributed by atoms with van der Waals surface area (Å²) in [6, 6.07) is 4.66. The molecular formula is C14H18FNO4. The molecule has 2 N–H and O–H groups in total. The zero-order valence-corrected chi connectivity index (χ0v) is 11.4. The monoisotopic (exact) mass is 283 g/mol. The number of nitrogens with one attached hydrogen (secondary N) is 1. The number of carbonyl (C=O) groups excluding carboxylic acids is 1. The first-order valence-corrected chi connectivity index (χ1v) is 6.23. The first kappa shape index (κ1) is 16.1. The third-order valence-electron chi connectivity index (χ3n) is 2.97. The Balaban J connectivity index is 2.70. The molecule has 20 heavy (non-hydrogen) atoms. The van der Waals surface area contributed by atoms with Crippen molar-refractivity contribution in [3.05, 3.63) is 35.6 Å². The predicted octanol–water partition coefficient (Wildman–Crippen LogP) is 1.54. The van der Waals surface area contributed by atoms with E-state index in [0.717, 1.165) is 0 Å². The summed E-state index contributed by atoms with van der Waals surface area (Å²) < 4.78 is 17.9. The van der Waals surface area contributed by atoms with Crippen LogP contribution in [-0.2, 0) is 14.3 Å². The Bertz CT molecular complexity index is 478. The third kappa shape index (κ3) is 4.62. The normalized spacial score (nSPS) is 13.6. The third-order valence-corrected chi connectivity index (χ3v) is 2.97. The number of carboxylic acids is 1. The maximum atomic E-state index is 13.1. The summed E-state index contributed by atoms with van der Waals surface area (Å²) in [7, 11) is 1.45. The Kier molecular flexibility index (Phi) is 6.11. The van der Waals surface area contributed by atoms with Crippen molar-refractivity contribution < 1.29 is 23.8 Å². The van der Waals surface area contributed by atoms with Crippen molar-refractivity contribution in [1.82, 2.24) is 5.32 Å². The molecule has 0 aliphatic carbocycles. The first-order chi connectivity index (χ1) is 9.45.